The van der Waals surface area contributed by atoms with Crippen molar-refractivity contribution in [3.8, 4) is 0 Å². The molecule has 158 valence electrons. The van der Waals surface area contributed by atoms with E-state index in [9.17, 15) is 14.7 Å². The third kappa shape index (κ3) is 4.07. The fourth-order valence-corrected chi connectivity index (χ4v) is 3.28. The van der Waals surface area contributed by atoms with Crippen LogP contribution in [0.3, 0.4) is 0 Å². The van der Waals surface area contributed by atoms with Gasteiger partial charge in [0.25, 0.3) is 11.8 Å². The van der Waals surface area contributed by atoms with Crippen molar-refractivity contribution in [3.05, 3.63) is 48.5 Å². The first-order valence-corrected chi connectivity index (χ1v) is 9.17. The molecule has 2 unspecified atom stereocenters. The van der Waals surface area contributed by atoms with Crippen molar-refractivity contribution in [2.45, 2.75) is 18.3 Å². The van der Waals surface area contributed by atoms with Gasteiger partial charge in [-0.1, -0.05) is 18.2 Å². The van der Waals surface area contributed by atoms with Crippen molar-refractivity contribution in [1.82, 2.24) is 25.5 Å². The number of nitrogens with zero attached hydrogens (tertiary/aromatic N) is 4. The maximum absolute atomic E-state index is 12.8. The number of imidazole rings is 1. The number of hydrogen-bond donors (Lipinski definition) is 5. The van der Waals surface area contributed by atoms with Gasteiger partial charge in [-0.2, -0.15) is 5.10 Å². The van der Waals surface area contributed by atoms with Crippen molar-refractivity contribution < 1.29 is 14.7 Å². The van der Waals surface area contributed by atoms with Crippen LogP contribution in [0, 0.1) is 5.41 Å². The molecular formula is C19H24N8O3. The minimum atomic E-state index is -1.68. The Morgan fingerprint density at radius 3 is 2.67 bits per heavy atom. The van der Waals surface area contributed by atoms with E-state index in [1.807, 2.05) is 30.3 Å². The number of amides is 2. The molecule has 1 fully saturated rings. The predicted molar refractivity (Wildman–Crippen MR) is 111 cm³/mol. The van der Waals surface area contributed by atoms with Crippen molar-refractivity contribution in [2.75, 3.05) is 18.6 Å². The summed E-state index contributed by atoms with van der Waals surface area (Å²) in [5.74, 6) is -2.56. The number of para-hydroxylation sites is 1. The minimum absolute atomic E-state index is 0.151. The van der Waals surface area contributed by atoms with E-state index in [1.165, 1.54) is 18.1 Å². The molecule has 1 aromatic carbocycles. The number of carbonyl (C=O) groups excluding carboxylic acids is 2. The Morgan fingerprint density at radius 2 is 2.13 bits per heavy atom. The van der Waals surface area contributed by atoms with Gasteiger partial charge in [-0.05, 0) is 19.1 Å². The van der Waals surface area contributed by atoms with Crippen molar-refractivity contribution in [3.63, 3.8) is 0 Å². The van der Waals surface area contributed by atoms with E-state index in [-0.39, 0.29) is 12.3 Å². The normalized spacial score (nSPS) is 23.7. The molecule has 3 rings (SSSR count). The molecule has 2 amide bonds. The number of aryl methyl sites for hydroxylation is 1. The van der Waals surface area contributed by atoms with E-state index in [2.05, 4.69) is 26.0 Å². The molecule has 30 heavy (non-hydrogen) atoms. The first-order valence-electron chi connectivity index (χ1n) is 9.17. The first kappa shape index (κ1) is 21.1. The van der Waals surface area contributed by atoms with Gasteiger partial charge in [-0.25, -0.2) is 4.98 Å². The van der Waals surface area contributed by atoms with E-state index in [0.717, 1.165) is 11.9 Å². The number of rotatable bonds is 7. The molecule has 11 heteroatoms. The van der Waals surface area contributed by atoms with Crippen LogP contribution in [-0.2, 0) is 22.2 Å². The molecule has 1 aliphatic rings. The van der Waals surface area contributed by atoms with Gasteiger partial charge in [0.05, 0.1) is 18.4 Å². The Bertz CT molecular complexity index is 985. The molecule has 2 aromatic rings. The molecule has 2 atom stereocenters. The Balaban J connectivity index is 1.82. The molecule has 0 radical (unpaired) electrons. The SMILES string of the molecule is CN(/N=C(\C=N)C(=O)NCC1(c2nccn2C)NC(C)(O)NC1=O)c1ccccc1. The Morgan fingerprint density at radius 1 is 1.43 bits per heavy atom. The van der Waals surface area contributed by atoms with Gasteiger partial charge in [0.1, 0.15) is 5.82 Å². The van der Waals surface area contributed by atoms with E-state index >= 15 is 0 Å². The standard InChI is InChI=1S/C19H24N8O3/c1-18(30)23-17(29)19(25-18,16-21-9-10-26(16)2)12-22-15(28)14(11-20)24-27(3)13-7-5-4-6-8-13/h4-11,20,25,30H,12H2,1-3H3,(H,22,28)(H,23,29)/b20-11?,24-14+. The topological polar surface area (TPSA) is 148 Å². The fourth-order valence-electron chi connectivity index (χ4n) is 3.28. The van der Waals surface area contributed by atoms with Gasteiger partial charge >= 0.3 is 0 Å². The molecule has 0 aliphatic carbocycles. The summed E-state index contributed by atoms with van der Waals surface area (Å²) in [6.07, 6.45) is 4.00. The molecule has 5 N–H and O–H groups in total. The average molecular weight is 412 g/mol. The maximum Gasteiger partial charge on any atom is 0.273 e. The number of carbonyl (C=O) groups is 2. The van der Waals surface area contributed by atoms with Crippen molar-refractivity contribution >= 4 is 29.4 Å². The highest BCUT2D eigenvalue weighted by atomic mass is 16.3. The second-order valence-corrected chi connectivity index (χ2v) is 7.09. The zero-order valence-electron chi connectivity index (χ0n) is 16.9. The van der Waals surface area contributed by atoms with Crippen LogP contribution >= 0.6 is 0 Å². The van der Waals surface area contributed by atoms with Crippen molar-refractivity contribution in [1.29, 1.82) is 5.41 Å². The summed E-state index contributed by atoms with van der Waals surface area (Å²) in [7, 11) is 3.36. The summed E-state index contributed by atoms with van der Waals surface area (Å²) in [5.41, 5.74) is -0.917. The summed E-state index contributed by atoms with van der Waals surface area (Å²) >= 11 is 0. The zero-order chi connectivity index (χ0) is 21.9. The Kier molecular flexibility index (Phi) is 5.67. The summed E-state index contributed by atoms with van der Waals surface area (Å²) in [6.45, 7) is 1.16. The minimum Gasteiger partial charge on any atom is -0.359 e. The van der Waals surface area contributed by atoms with Crippen LogP contribution in [-0.4, -0.2) is 57.8 Å². The average Bonchev–Trinajstić information content (AvgIpc) is 3.24. The molecular weight excluding hydrogens is 388 g/mol. The highest BCUT2D eigenvalue weighted by molar-refractivity contribution is 6.60. The molecule has 0 spiro atoms. The quantitative estimate of drug-likeness (QED) is 0.299. The lowest BCUT2D eigenvalue weighted by Crippen LogP contribution is -2.57. The van der Waals surface area contributed by atoms with Gasteiger partial charge < -0.3 is 25.7 Å². The van der Waals surface area contributed by atoms with Crippen molar-refractivity contribution in [2.24, 2.45) is 12.1 Å². The molecule has 11 nitrogen and oxygen atoms in total. The maximum atomic E-state index is 12.8. The molecule has 1 aliphatic heterocycles. The van der Waals surface area contributed by atoms with E-state index in [0.29, 0.717) is 5.82 Å². The smallest absolute Gasteiger partial charge is 0.273 e. The van der Waals surface area contributed by atoms with Crippen LogP contribution in [0.25, 0.3) is 0 Å². The van der Waals surface area contributed by atoms with Crippen LogP contribution in [0.15, 0.2) is 47.8 Å². The van der Waals surface area contributed by atoms with Gasteiger partial charge in [-0.3, -0.25) is 19.9 Å². The first-order chi connectivity index (χ1) is 14.2. The Labute approximate surface area is 173 Å². The monoisotopic (exact) mass is 412 g/mol. The van der Waals surface area contributed by atoms with Gasteiger partial charge in [0.15, 0.2) is 17.1 Å². The summed E-state index contributed by atoms with van der Waals surface area (Å²) < 4.78 is 1.62. The third-order valence-corrected chi connectivity index (χ3v) is 4.68. The molecule has 1 saturated heterocycles. The van der Waals surface area contributed by atoms with Crippen LogP contribution in [0.1, 0.15) is 12.7 Å². The number of nitrogens with one attached hydrogen (secondary N) is 4. The highest BCUT2D eigenvalue weighted by Crippen LogP contribution is 2.26. The molecule has 0 saturated carbocycles. The van der Waals surface area contributed by atoms with Crippen LogP contribution < -0.4 is 21.0 Å². The second kappa shape index (κ2) is 8.05. The van der Waals surface area contributed by atoms with Crippen LogP contribution in [0.2, 0.25) is 0 Å². The van der Waals surface area contributed by atoms with Crippen LogP contribution in [0.5, 0.6) is 0 Å². The summed E-state index contributed by atoms with van der Waals surface area (Å²) in [6, 6.07) is 9.15. The largest absolute Gasteiger partial charge is 0.359 e. The molecule has 0 bridgehead atoms. The lowest BCUT2D eigenvalue weighted by Gasteiger charge is -2.28. The number of aromatic nitrogens is 2. The third-order valence-electron chi connectivity index (χ3n) is 4.68. The molecule has 2 heterocycles. The van der Waals surface area contributed by atoms with E-state index in [4.69, 9.17) is 5.41 Å². The summed E-state index contributed by atoms with van der Waals surface area (Å²) in [4.78, 5) is 29.7. The zero-order valence-corrected chi connectivity index (χ0v) is 16.9. The highest BCUT2D eigenvalue weighted by Gasteiger charge is 2.54. The number of anilines is 1. The van der Waals surface area contributed by atoms with Gasteiger partial charge in [0, 0.05) is 26.5 Å². The lowest BCUT2D eigenvalue weighted by atomic mass is 9.98. The summed E-state index contributed by atoms with van der Waals surface area (Å²) in [5, 5.41) is 31.4. The van der Waals surface area contributed by atoms with E-state index < -0.39 is 23.2 Å². The second-order valence-electron chi connectivity index (χ2n) is 7.09. The lowest BCUT2D eigenvalue weighted by molar-refractivity contribution is -0.125. The molecule has 1 aromatic heterocycles. The van der Waals surface area contributed by atoms with Crippen LogP contribution in [0.4, 0.5) is 5.69 Å². The fraction of sp³-hybridized carbons (Fsp3) is 0.316. The number of aliphatic hydroxyl groups is 1. The van der Waals surface area contributed by atoms with Gasteiger partial charge in [0.2, 0.25) is 0 Å². The number of benzene rings is 1. The Hall–Kier alpha value is -3.57. The van der Waals surface area contributed by atoms with Gasteiger partial charge in [-0.15, -0.1) is 0 Å². The van der Waals surface area contributed by atoms with E-state index in [1.54, 1.807) is 24.9 Å². The number of hydrogen-bond acceptors (Lipinski definition) is 8. The predicted octanol–water partition coefficient (Wildman–Crippen LogP) is -0.741. The number of hydrazone groups is 1.